The average Bonchev–Trinajstić information content (AvgIpc) is 3.33. The molecule has 1 unspecified atom stereocenters. The van der Waals surface area contributed by atoms with Crippen LogP contribution in [0.1, 0.15) is 54.5 Å². The smallest absolute Gasteiger partial charge is 0.196 e. The van der Waals surface area contributed by atoms with Gasteiger partial charge in [-0.3, -0.25) is 14.3 Å². The van der Waals surface area contributed by atoms with E-state index >= 15 is 0 Å². The normalized spacial score (nSPS) is 16.2. The van der Waals surface area contributed by atoms with E-state index in [4.69, 9.17) is 4.42 Å². The highest BCUT2D eigenvalue weighted by molar-refractivity contribution is 5.22. The highest BCUT2D eigenvalue weighted by Crippen LogP contribution is 2.24. The Morgan fingerprint density at radius 2 is 2.15 bits per heavy atom. The summed E-state index contributed by atoms with van der Waals surface area (Å²) >= 11 is 0. The number of fused-ring (bicyclic) bond motifs is 1. The van der Waals surface area contributed by atoms with Crippen molar-refractivity contribution in [3.63, 3.8) is 0 Å². The number of aromatic nitrogens is 5. The molecule has 1 N–H and O–H groups in total. The van der Waals surface area contributed by atoms with Gasteiger partial charge in [0.1, 0.15) is 12.4 Å². The first-order valence-electron chi connectivity index (χ1n) is 8.90. The Hall–Kier alpha value is -2.45. The summed E-state index contributed by atoms with van der Waals surface area (Å²) < 4.78 is 9.18. The zero-order chi connectivity index (χ0) is 18.3. The molecule has 0 aromatic carbocycles. The predicted molar refractivity (Wildman–Crippen MR) is 94.2 cm³/mol. The monoisotopic (exact) mass is 356 g/mol. The van der Waals surface area contributed by atoms with Gasteiger partial charge in [0.15, 0.2) is 5.89 Å². The Kier molecular flexibility index (Phi) is 4.37. The molecular formula is C18H24N6O2. The minimum atomic E-state index is -0.766. The number of nitrogens with zero attached hydrogens (tertiary/aromatic N) is 6. The van der Waals surface area contributed by atoms with Gasteiger partial charge in [-0.15, -0.1) is 0 Å². The van der Waals surface area contributed by atoms with Gasteiger partial charge < -0.3 is 9.52 Å². The molecule has 0 spiro atoms. The van der Waals surface area contributed by atoms with E-state index in [2.05, 4.69) is 33.9 Å². The van der Waals surface area contributed by atoms with Crippen molar-refractivity contribution in [2.75, 3.05) is 6.54 Å². The summed E-state index contributed by atoms with van der Waals surface area (Å²) in [6.45, 7) is 7.35. The number of aliphatic hydroxyl groups excluding tert-OH is 1. The second-order valence-corrected chi connectivity index (χ2v) is 7.11. The molecule has 0 radical (unpaired) electrons. The minimum Gasteiger partial charge on any atom is -0.448 e. The molecule has 0 fully saturated rings. The van der Waals surface area contributed by atoms with E-state index in [9.17, 15) is 5.11 Å². The molecular weight excluding hydrogens is 332 g/mol. The largest absolute Gasteiger partial charge is 0.448 e. The Morgan fingerprint density at radius 1 is 1.31 bits per heavy atom. The van der Waals surface area contributed by atoms with Crippen LogP contribution in [0.25, 0.3) is 0 Å². The summed E-state index contributed by atoms with van der Waals surface area (Å²) in [6, 6.07) is 3.79. The van der Waals surface area contributed by atoms with E-state index in [0.29, 0.717) is 11.6 Å². The van der Waals surface area contributed by atoms with Crippen LogP contribution in [0.4, 0.5) is 0 Å². The second-order valence-electron chi connectivity index (χ2n) is 7.11. The van der Waals surface area contributed by atoms with Gasteiger partial charge in [-0.05, 0) is 12.1 Å². The fourth-order valence-corrected chi connectivity index (χ4v) is 3.30. The maximum Gasteiger partial charge on any atom is 0.196 e. The minimum absolute atomic E-state index is 0.294. The van der Waals surface area contributed by atoms with E-state index < -0.39 is 6.10 Å². The van der Waals surface area contributed by atoms with Crippen molar-refractivity contribution < 1.29 is 9.52 Å². The SMILES string of the molecule is CC(C)c1nc(CN2CCn3nc(C(O)c4ccnn4C)cc3C2)co1. The zero-order valence-electron chi connectivity index (χ0n) is 15.3. The van der Waals surface area contributed by atoms with Crippen molar-refractivity contribution >= 4 is 0 Å². The fraction of sp³-hybridized carbons (Fsp3) is 0.500. The summed E-state index contributed by atoms with van der Waals surface area (Å²) in [4.78, 5) is 6.87. The molecule has 4 rings (SSSR count). The van der Waals surface area contributed by atoms with E-state index in [1.165, 1.54) is 0 Å². The van der Waals surface area contributed by atoms with Gasteiger partial charge in [0.2, 0.25) is 0 Å². The van der Waals surface area contributed by atoms with Crippen LogP contribution in [0.2, 0.25) is 0 Å². The van der Waals surface area contributed by atoms with E-state index in [0.717, 1.165) is 49.2 Å². The lowest BCUT2D eigenvalue weighted by Crippen LogP contribution is -2.33. The van der Waals surface area contributed by atoms with Gasteiger partial charge in [0, 0.05) is 38.8 Å². The van der Waals surface area contributed by atoms with Crippen LogP contribution in [0.3, 0.4) is 0 Å². The molecule has 0 saturated carbocycles. The average molecular weight is 356 g/mol. The van der Waals surface area contributed by atoms with Gasteiger partial charge in [-0.2, -0.15) is 10.2 Å². The third kappa shape index (κ3) is 3.17. The molecule has 0 amide bonds. The Bertz CT molecular complexity index is 893. The molecule has 8 heteroatoms. The van der Waals surface area contributed by atoms with E-state index in [1.54, 1.807) is 17.1 Å². The Balaban J connectivity index is 1.47. The third-order valence-corrected chi connectivity index (χ3v) is 4.76. The lowest BCUT2D eigenvalue weighted by atomic mass is 10.1. The highest BCUT2D eigenvalue weighted by Gasteiger charge is 2.24. The quantitative estimate of drug-likeness (QED) is 0.751. The first-order valence-corrected chi connectivity index (χ1v) is 8.90. The van der Waals surface area contributed by atoms with Crippen LogP contribution in [-0.4, -0.2) is 41.1 Å². The topological polar surface area (TPSA) is 85.1 Å². The van der Waals surface area contributed by atoms with Gasteiger partial charge in [-0.25, -0.2) is 4.98 Å². The molecule has 3 aromatic heterocycles. The summed E-state index contributed by atoms with van der Waals surface area (Å²) in [5, 5.41) is 19.3. The fourth-order valence-electron chi connectivity index (χ4n) is 3.30. The molecule has 26 heavy (non-hydrogen) atoms. The molecule has 1 atom stereocenters. The lowest BCUT2D eigenvalue weighted by Gasteiger charge is -2.26. The zero-order valence-corrected chi connectivity index (χ0v) is 15.3. The van der Waals surface area contributed by atoms with Crippen LogP contribution in [0.5, 0.6) is 0 Å². The first-order chi connectivity index (χ1) is 12.5. The van der Waals surface area contributed by atoms with Crippen molar-refractivity contribution in [3.05, 3.63) is 53.3 Å². The number of oxazole rings is 1. The Labute approximate surface area is 152 Å². The first kappa shape index (κ1) is 17.0. The number of rotatable bonds is 5. The maximum absolute atomic E-state index is 10.6. The second kappa shape index (κ2) is 6.69. The van der Waals surface area contributed by atoms with E-state index in [1.807, 2.05) is 23.9 Å². The highest BCUT2D eigenvalue weighted by atomic mass is 16.3. The molecule has 0 saturated heterocycles. The van der Waals surface area contributed by atoms with Crippen molar-refractivity contribution in [1.29, 1.82) is 0 Å². The van der Waals surface area contributed by atoms with Gasteiger partial charge in [0.05, 0.1) is 29.3 Å². The van der Waals surface area contributed by atoms with Crippen molar-refractivity contribution in [3.8, 4) is 0 Å². The summed E-state index contributed by atoms with van der Waals surface area (Å²) in [6.07, 6.45) is 2.66. The van der Waals surface area contributed by atoms with Crippen LogP contribution in [-0.2, 0) is 26.7 Å². The molecule has 1 aliphatic heterocycles. The molecule has 8 nitrogen and oxygen atoms in total. The van der Waals surface area contributed by atoms with Gasteiger partial charge >= 0.3 is 0 Å². The lowest BCUT2D eigenvalue weighted by molar-refractivity contribution is 0.195. The van der Waals surface area contributed by atoms with Crippen molar-refractivity contribution in [2.45, 2.75) is 45.5 Å². The van der Waals surface area contributed by atoms with Crippen LogP contribution >= 0.6 is 0 Å². The molecule has 4 heterocycles. The number of hydrogen-bond acceptors (Lipinski definition) is 6. The van der Waals surface area contributed by atoms with Crippen LogP contribution in [0.15, 0.2) is 29.0 Å². The van der Waals surface area contributed by atoms with Crippen molar-refractivity contribution in [2.24, 2.45) is 7.05 Å². The Morgan fingerprint density at radius 3 is 2.85 bits per heavy atom. The summed E-state index contributed by atoms with van der Waals surface area (Å²) in [5.74, 6) is 1.08. The predicted octanol–water partition coefficient (Wildman–Crippen LogP) is 1.83. The number of aliphatic hydroxyl groups is 1. The van der Waals surface area contributed by atoms with Crippen molar-refractivity contribution in [1.82, 2.24) is 29.4 Å². The molecule has 3 aromatic rings. The van der Waals surface area contributed by atoms with Gasteiger partial charge in [0.25, 0.3) is 0 Å². The number of aryl methyl sites for hydroxylation is 1. The van der Waals surface area contributed by atoms with Crippen LogP contribution < -0.4 is 0 Å². The summed E-state index contributed by atoms with van der Waals surface area (Å²) in [5.41, 5.74) is 3.45. The molecule has 138 valence electrons. The maximum atomic E-state index is 10.6. The molecule has 1 aliphatic rings. The standard InChI is InChI=1S/C18H24N6O2/c1-12(2)18-20-13(11-26-18)9-23-6-7-24-14(10-23)8-15(21-24)17(25)16-4-5-19-22(16)3/h4-5,8,11-12,17,25H,6-7,9-10H2,1-3H3. The third-order valence-electron chi connectivity index (χ3n) is 4.76. The van der Waals surface area contributed by atoms with E-state index in [-0.39, 0.29) is 0 Å². The van der Waals surface area contributed by atoms with Crippen LogP contribution in [0, 0.1) is 0 Å². The molecule has 0 bridgehead atoms. The molecule has 0 aliphatic carbocycles. The number of hydrogen-bond donors (Lipinski definition) is 1. The summed E-state index contributed by atoms with van der Waals surface area (Å²) in [7, 11) is 1.82. The van der Waals surface area contributed by atoms with Gasteiger partial charge in [-0.1, -0.05) is 13.8 Å².